The summed E-state index contributed by atoms with van der Waals surface area (Å²) in [7, 11) is 0. The maximum Gasteiger partial charge on any atom is 0.269 e. The molecular formula is C15H12N3O4S-. The number of rotatable bonds is 5. The van der Waals surface area contributed by atoms with Gasteiger partial charge in [-0.3, -0.25) is 10.1 Å². The van der Waals surface area contributed by atoms with Crippen molar-refractivity contribution in [3.05, 3.63) is 69.8 Å². The largest absolute Gasteiger partial charge is 0.545 e. The molecular weight excluding hydrogens is 318 g/mol. The molecule has 0 aliphatic heterocycles. The lowest BCUT2D eigenvalue weighted by Crippen LogP contribution is -2.28. The molecule has 0 aliphatic carbocycles. The quantitative estimate of drug-likeness (QED) is 0.485. The van der Waals surface area contributed by atoms with Crippen LogP contribution in [0.5, 0.6) is 0 Å². The molecule has 2 aromatic carbocycles. The Balaban J connectivity index is 1.87. The second-order valence-corrected chi connectivity index (χ2v) is 5.00. The molecule has 0 amide bonds. The second kappa shape index (κ2) is 7.32. The molecule has 2 N–H and O–H groups in total. The van der Waals surface area contributed by atoms with Gasteiger partial charge < -0.3 is 20.5 Å². The molecule has 0 saturated carbocycles. The van der Waals surface area contributed by atoms with Crippen LogP contribution < -0.4 is 15.7 Å². The van der Waals surface area contributed by atoms with Crippen LogP contribution in [-0.4, -0.2) is 16.0 Å². The highest BCUT2D eigenvalue weighted by Gasteiger charge is 2.04. The van der Waals surface area contributed by atoms with Gasteiger partial charge in [-0.05, 0) is 35.5 Å². The predicted molar refractivity (Wildman–Crippen MR) is 86.9 cm³/mol. The van der Waals surface area contributed by atoms with Crippen molar-refractivity contribution in [2.75, 3.05) is 5.32 Å². The van der Waals surface area contributed by atoms with Crippen LogP contribution >= 0.6 is 12.2 Å². The molecule has 23 heavy (non-hydrogen) atoms. The summed E-state index contributed by atoms with van der Waals surface area (Å²) in [5, 5.41) is 27.4. The maximum atomic E-state index is 10.6. The minimum Gasteiger partial charge on any atom is -0.545 e. The number of hydrogen-bond donors (Lipinski definition) is 2. The molecule has 8 heteroatoms. The number of thiocarbonyl (C=S) groups is 1. The monoisotopic (exact) mass is 330 g/mol. The average molecular weight is 330 g/mol. The number of nitrogens with zero attached hydrogens (tertiary/aromatic N) is 1. The van der Waals surface area contributed by atoms with Crippen molar-refractivity contribution in [2.24, 2.45) is 0 Å². The Morgan fingerprint density at radius 2 is 1.70 bits per heavy atom. The summed E-state index contributed by atoms with van der Waals surface area (Å²) < 4.78 is 0. The molecule has 2 rings (SSSR count). The van der Waals surface area contributed by atoms with E-state index in [-0.39, 0.29) is 11.3 Å². The third-order valence-electron chi connectivity index (χ3n) is 2.98. The summed E-state index contributed by atoms with van der Waals surface area (Å²) in [6.07, 6.45) is 0. The van der Waals surface area contributed by atoms with Crippen LogP contribution in [0.25, 0.3) is 0 Å². The summed E-state index contributed by atoms with van der Waals surface area (Å²) in [6.45, 7) is 0.409. The van der Waals surface area contributed by atoms with Gasteiger partial charge in [0.2, 0.25) is 0 Å². The highest BCUT2D eigenvalue weighted by atomic mass is 32.1. The Morgan fingerprint density at radius 3 is 2.22 bits per heavy atom. The van der Waals surface area contributed by atoms with Gasteiger partial charge in [0.05, 0.1) is 10.9 Å². The van der Waals surface area contributed by atoms with Gasteiger partial charge in [-0.2, -0.15) is 0 Å². The zero-order valence-electron chi connectivity index (χ0n) is 11.8. The number of anilines is 1. The van der Waals surface area contributed by atoms with Gasteiger partial charge in [-0.1, -0.05) is 24.3 Å². The Kier molecular flexibility index (Phi) is 5.21. The summed E-state index contributed by atoms with van der Waals surface area (Å²) in [4.78, 5) is 20.7. The van der Waals surface area contributed by atoms with E-state index in [0.717, 1.165) is 5.56 Å². The molecule has 0 fully saturated rings. The van der Waals surface area contributed by atoms with Gasteiger partial charge in [0.25, 0.3) is 5.69 Å². The van der Waals surface area contributed by atoms with E-state index in [4.69, 9.17) is 12.2 Å². The Morgan fingerprint density at radius 1 is 1.09 bits per heavy atom. The fourth-order valence-corrected chi connectivity index (χ4v) is 1.97. The van der Waals surface area contributed by atoms with E-state index in [9.17, 15) is 20.0 Å². The lowest BCUT2D eigenvalue weighted by atomic mass is 10.1. The van der Waals surface area contributed by atoms with Gasteiger partial charge in [-0.15, -0.1) is 0 Å². The smallest absolute Gasteiger partial charge is 0.269 e. The number of non-ortho nitro benzene ring substituents is 1. The molecule has 2 aromatic rings. The first-order valence-electron chi connectivity index (χ1n) is 6.55. The van der Waals surface area contributed by atoms with Crippen molar-refractivity contribution in [1.82, 2.24) is 5.32 Å². The van der Waals surface area contributed by atoms with Gasteiger partial charge in [0.15, 0.2) is 5.11 Å². The Hall–Kier alpha value is -3.00. The molecule has 0 heterocycles. The molecule has 0 unspecified atom stereocenters. The van der Waals surface area contributed by atoms with E-state index in [0.29, 0.717) is 17.3 Å². The Labute approximate surface area is 137 Å². The standard InChI is InChI=1S/C15H13N3O4S/c19-14(20)11-3-1-10(2-4-11)9-16-15(23)17-12-5-7-13(8-6-12)18(21)22/h1-8H,9H2,(H,19,20)(H2,16,17,23)/p-1. The molecule has 0 saturated heterocycles. The first-order valence-corrected chi connectivity index (χ1v) is 6.96. The van der Waals surface area contributed by atoms with Crippen molar-refractivity contribution in [3.8, 4) is 0 Å². The average Bonchev–Trinajstić information content (AvgIpc) is 2.54. The molecule has 0 spiro atoms. The second-order valence-electron chi connectivity index (χ2n) is 4.60. The fraction of sp³-hybridized carbons (Fsp3) is 0.0667. The molecule has 0 aliphatic rings. The van der Waals surface area contributed by atoms with E-state index in [2.05, 4.69) is 10.6 Å². The number of benzene rings is 2. The van der Waals surface area contributed by atoms with E-state index in [1.54, 1.807) is 24.3 Å². The number of carboxylic acid groups (broad SMARTS) is 1. The van der Waals surface area contributed by atoms with Crippen molar-refractivity contribution in [2.45, 2.75) is 6.54 Å². The highest BCUT2D eigenvalue weighted by Crippen LogP contribution is 2.15. The normalized spacial score (nSPS) is 9.91. The van der Waals surface area contributed by atoms with Crippen LogP contribution in [0, 0.1) is 10.1 Å². The van der Waals surface area contributed by atoms with Crippen molar-refractivity contribution < 1.29 is 14.8 Å². The van der Waals surface area contributed by atoms with Crippen LogP contribution in [0.15, 0.2) is 48.5 Å². The minimum atomic E-state index is -1.22. The molecule has 7 nitrogen and oxygen atoms in total. The number of carbonyl (C=O) groups excluding carboxylic acids is 1. The predicted octanol–water partition coefficient (Wildman–Crippen LogP) is 1.44. The van der Waals surface area contributed by atoms with Gasteiger partial charge in [0.1, 0.15) is 0 Å². The topological polar surface area (TPSA) is 107 Å². The summed E-state index contributed by atoms with van der Waals surface area (Å²) in [5.74, 6) is -1.22. The molecule has 0 atom stereocenters. The van der Waals surface area contributed by atoms with Crippen molar-refractivity contribution in [1.29, 1.82) is 0 Å². The number of nitrogens with one attached hydrogen (secondary N) is 2. The summed E-state index contributed by atoms with van der Waals surface area (Å²) in [6, 6.07) is 12.1. The number of nitro benzene ring substituents is 1. The van der Waals surface area contributed by atoms with Crippen LogP contribution in [0.1, 0.15) is 15.9 Å². The molecule has 0 aromatic heterocycles. The van der Waals surface area contributed by atoms with E-state index in [1.165, 1.54) is 24.3 Å². The van der Waals surface area contributed by atoms with Crippen LogP contribution in [0.4, 0.5) is 11.4 Å². The van der Waals surface area contributed by atoms with Gasteiger partial charge in [0, 0.05) is 24.4 Å². The SMILES string of the molecule is O=C([O-])c1ccc(CNC(=S)Nc2ccc([N+](=O)[O-])cc2)cc1. The molecule has 0 radical (unpaired) electrons. The lowest BCUT2D eigenvalue weighted by molar-refractivity contribution is -0.384. The first-order chi connectivity index (χ1) is 11.0. The minimum absolute atomic E-state index is 0.00226. The first kappa shape index (κ1) is 16.4. The highest BCUT2D eigenvalue weighted by molar-refractivity contribution is 7.80. The van der Waals surface area contributed by atoms with Gasteiger partial charge >= 0.3 is 0 Å². The number of hydrogen-bond acceptors (Lipinski definition) is 5. The Bertz CT molecular complexity index is 729. The van der Waals surface area contributed by atoms with Crippen LogP contribution in [-0.2, 0) is 6.54 Å². The van der Waals surface area contributed by atoms with E-state index >= 15 is 0 Å². The summed E-state index contributed by atoms with van der Waals surface area (Å²) in [5.41, 5.74) is 1.59. The fourth-order valence-electron chi connectivity index (χ4n) is 1.78. The van der Waals surface area contributed by atoms with Crippen molar-refractivity contribution >= 4 is 34.7 Å². The third-order valence-corrected chi connectivity index (χ3v) is 3.23. The van der Waals surface area contributed by atoms with E-state index < -0.39 is 10.9 Å². The van der Waals surface area contributed by atoms with Crippen LogP contribution in [0.3, 0.4) is 0 Å². The van der Waals surface area contributed by atoms with Gasteiger partial charge in [-0.25, -0.2) is 0 Å². The van der Waals surface area contributed by atoms with Crippen molar-refractivity contribution in [3.63, 3.8) is 0 Å². The molecule has 0 bridgehead atoms. The molecule has 118 valence electrons. The zero-order valence-corrected chi connectivity index (χ0v) is 12.6. The number of carboxylic acids is 1. The van der Waals surface area contributed by atoms with E-state index in [1.807, 2.05) is 0 Å². The third kappa shape index (κ3) is 4.75. The zero-order chi connectivity index (χ0) is 16.8. The number of aromatic carboxylic acids is 1. The van der Waals surface area contributed by atoms with Crippen LogP contribution in [0.2, 0.25) is 0 Å². The maximum absolute atomic E-state index is 10.6. The lowest BCUT2D eigenvalue weighted by Gasteiger charge is -2.11. The number of carbonyl (C=O) groups is 1. The summed E-state index contributed by atoms with van der Waals surface area (Å²) >= 11 is 5.13. The number of nitro groups is 1.